The fraction of sp³-hybridized carbons (Fsp3) is 0.455. The van der Waals surface area contributed by atoms with Crippen LogP contribution in [0.1, 0.15) is 20.3 Å². The van der Waals surface area contributed by atoms with Crippen molar-refractivity contribution in [1.82, 2.24) is 0 Å². The summed E-state index contributed by atoms with van der Waals surface area (Å²) in [6, 6.07) is 4.71. The van der Waals surface area contributed by atoms with Gasteiger partial charge in [0.05, 0.1) is 4.92 Å². The van der Waals surface area contributed by atoms with E-state index in [1.165, 1.54) is 6.07 Å². The Morgan fingerprint density at radius 1 is 1.38 bits per heavy atom. The maximum absolute atomic E-state index is 10.7. The van der Waals surface area contributed by atoms with Crippen molar-refractivity contribution >= 4 is 17.1 Å². The molecule has 1 aromatic rings. The van der Waals surface area contributed by atoms with Crippen molar-refractivity contribution in [3.63, 3.8) is 0 Å². The zero-order valence-corrected chi connectivity index (χ0v) is 9.64. The van der Waals surface area contributed by atoms with E-state index in [9.17, 15) is 10.1 Å². The number of hydrogen-bond donors (Lipinski definition) is 1. The Bertz CT molecular complexity index is 379. The Hall–Kier alpha value is -1.78. The molecule has 88 valence electrons. The van der Waals surface area contributed by atoms with E-state index in [0.29, 0.717) is 5.69 Å². The molecule has 0 bridgehead atoms. The van der Waals surface area contributed by atoms with Crippen LogP contribution < -0.4 is 10.6 Å². The quantitative estimate of drug-likeness (QED) is 0.472. The summed E-state index contributed by atoms with van der Waals surface area (Å²) in [6.45, 7) is 5.78. The zero-order valence-electron chi connectivity index (χ0n) is 9.64. The van der Waals surface area contributed by atoms with Gasteiger partial charge in [-0.2, -0.15) is 0 Å². The first-order valence-electron chi connectivity index (χ1n) is 5.38. The molecular weight excluding hydrogens is 206 g/mol. The van der Waals surface area contributed by atoms with Crippen molar-refractivity contribution in [3.05, 3.63) is 28.3 Å². The van der Waals surface area contributed by atoms with Gasteiger partial charge >= 0.3 is 0 Å². The standard InChI is InChI=1S/C11H17N3O2/c1-3-5-13(4-2)10-6-9(12)7-11(8-10)14(15)16/h6-8H,3-5,12H2,1-2H3. The van der Waals surface area contributed by atoms with E-state index in [2.05, 4.69) is 11.8 Å². The Morgan fingerprint density at radius 2 is 2.06 bits per heavy atom. The minimum absolute atomic E-state index is 0.0459. The van der Waals surface area contributed by atoms with Crippen LogP contribution in [0.3, 0.4) is 0 Å². The van der Waals surface area contributed by atoms with Crippen LogP contribution in [0.4, 0.5) is 17.1 Å². The maximum Gasteiger partial charge on any atom is 0.273 e. The van der Waals surface area contributed by atoms with E-state index in [1.54, 1.807) is 12.1 Å². The highest BCUT2D eigenvalue weighted by Gasteiger charge is 2.11. The van der Waals surface area contributed by atoms with E-state index in [0.717, 1.165) is 25.2 Å². The van der Waals surface area contributed by atoms with Crippen LogP contribution in [-0.4, -0.2) is 18.0 Å². The van der Waals surface area contributed by atoms with Gasteiger partial charge in [0, 0.05) is 36.6 Å². The van der Waals surface area contributed by atoms with Gasteiger partial charge in [-0.25, -0.2) is 0 Å². The number of benzene rings is 1. The lowest BCUT2D eigenvalue weighted by Crippen LogP contribution is -2.23. The molecule has 0 spiro atoms. The van der Waals surface area contributed by atoms with Crippen LogP contribution in [-0.2, 0) is 0 Å². The predicted molar refractivity (Wildman–Crippen MR) is 65.7 cm³/mol. The van der Waals surface area contributed by atoms with Crippen molar-refractivity contribution in [3.8, 4) is 0 Å². The van der Waals surface area contributed by atoms with Crippen LogP contribution in [0.5, 0.6) is 0 Å². The van der Waals surface area contributed by atoms with E-state index in [-0.39, 0.29) is 5.69 Å². The molecule has 0 aliphatic carbocycles. The third-order valence-electron chi connectivity index (χ3n) is 2.38. The minimum atomic E-state index is -0.417. The Kier molecular flexibility index (Phi) is 4.10. The van der Waals surface area contributed by atoms with Gasteiger partial charge in [-0.3, -0.25) is 10.1 Å². The molecule has 1 aromatic carbocycles. The summed E-state index contributed by atoms with van der Waals surface area (Å²) in [5, 5.41) is 10.7. The number of nitro benzene ring substituents is 1. The third-order valence-corrected chi connectivity index (χ3v) is 2.38. The fourth-order valence-corrected chi connectivity index (χ4v) is 1.65. The lowest BCUT2D eigenvalue weighted by atomic mass is 10.2. The van der Waals surface area contributed by atoms with Crippen molar-refractivity contribution < 1.29 is 4.92 Å². The lowest BCUT2D eigenvalue weighted by molar-refractivity contribution is -0.384. The Balaban J connectivity index is 3.07. The number of nitrogens with zero attached hydrogens (tertiary/aromatic N) is 2. The molecule has 0 aliphatic heterocycles. The summed E-state index contributed by atoms with van der Waals surface area (Å²) in [6.07, 6.45) is 0.996. The molecular formula is C11H17N3O2. The van der Waals surface area contributed by atoms with E-state index < -0.39 is 4.92 Å². The lowest BCUT2D eigenvalue weighted by Gasteiger charge is -2.22. The summed E-state index contributed by atoms with van der Waals surface area (Å²) < 4.78 is 0. The molecule has 2 N–H and O–H groups in total. The highest BCUT2D eigenvalue weighted by Crippen LogP contribution is 2.25. The van der Waals surface area contributed by atoms with Crippen molar-refractivity contribution in [2.75, 3.05) is 23.7 Å². The molecule has 0 fully saturated rings. The van der Waals surface area contributed by atoms with Crippen LogP contribution >= 0.6 is 0 Å². The summed E-state index contributed by atoms with van der Waals surface area (Å²) in [5.74, 6) is 0. The molecule has 0 saturated heterocycles. The molecule has 0 saturated carbocycles. The van der Waals surface area contributed by atoms with Crippen molar-refractivity contribution in [2.24, 2.45) is 0 Å². The first-order chi connectivity index (χ1) is 7.58. The number of anilines is 2. The number of nitrogen functional groups attached to an aromatic ring is 1. The smallest absolute Gasteiger partial charge is 0.273 e. The number of rotatable bonds is 5. The number of hydrogen-bond acceptors (Lipinski definition) is 4. The first-order valence-corrected chi connectivity index (χ1v) is 5.38. The topological polar surface area (TPSA) is 72.4 Å². The van der Waals surface area contributed by atoms with Crippen LogP contribution in [0.2, 0.25) is 0 Å². The molecule has 5 heteroatoms. The van der Waals surface area contributed by atoms with E-state index in [4.69, 9.17) is 5.73 Å². The van der Waals surface area contributed by atoms with Gasteiger partial charge in [0.2, 0.25) is 0 Å². The van der Waals surface area contributed by atoms with Gasteiger partial charge in [-0.05, 0) is 19.4 Å². The molecule has 0 radical (unpaired) electrons. The summed E-state index contributed by atoms with van der Waals surface area (Å²) in [5.41, 5.74) is 6.95. The number of non-ortho nitro benzene ring substituents is 1. The van der Waals surface area contributed by atoms with E-state index in [1.807, 2.05) is 6.92 Å². The highest BCUT2D eigenvalue weighted by molar-refractivity contribution is 5.62. The molecule has 0 aromatic heterocycles. The third kappa shape index (κ3) is 2.85. The Morgan fingerprint density at radius 3 is 2.56 bits per heavy atom. The number of nitro groups is 1. The average Bonchev–Trinajstić information content (AvgIpc) is 2.24. The summed E-state index contributed by atoms with van der Waals surface area (Å²) >= 11 is 0. The van der Waals surface area contributed by atoms with Gasteiger partial charge < -0.3 is 10.6 Å². The van der Waals surface area contributed by atoms with Gasteiger partial charge in [0.15, 0.2) is 0 Å². The Labute approximate surface area is 95.0 Å². The molecule has 0 atom stereocenters. The van der Waals surface area contributed by atoms with Crippen LogP contribution in [0.15, 0.2) is 18.2 Å². The van der Waals surface area contributed by atoms with Crippen LogP contribution in [0.25, 0.3) is 0 Å². The molecule has 0 unspecified atom stereocenters. The molecule has 16 heavy (non-hydrogen) atoms. The minimum Gasteiger partial charge on any atom is -0.398 e. The molecule has 0 heterocycles. The first kappa shape index (κ1) is 12.3. The highest BCUT2D eigenvalue weighted by atomic mass is 16.6. The summed E-state index contributed by atoms with van der Waals surface area (Å²) in [7, 11) is 0. The second-order valence-electron chi connectivity index (χ2n) is 3.62. The maximum atomic E-state index is 10.7. The predicted octanol–water partition coefficient (Wildman–Crippen LogP) is 2.41. The molecule has 0 aliphatic rings. The van der Waals surface area contributed by atoms with E-state index >= 15 is 0 Å². The zero-order chi connectivity index (χ0) is 12.1. The molecule has 0 amide bonds. The van der Waals surface area contributed by atoms with Crippen molar-refractivity contribution in [1.29, 1.82) is 0 Å². The molecule has 5 nitrogen and oxygen atoms in total. The summed E-state index contributed by atoms with van der Waals surface area (Å²) in [4.78, 5) is 12.4. The monoisotopic (exact) mass is 223 g/mol. The second-order valence-corrected chi connectivity index (χ2v) is 3.62. The second kappa shape index (κ2) is 5.34. The average molecular weight is 223 g/mol. The van der Waals surface area contributed by atoms with Gasteiger partial charge in [0.1, 0.15) is 0 Å². The van der Waals surface area contributed by atoms with Crippen LogP contribution in [0, 0.1) is 10.1 Å². The van der Waals surface area contributed by atoms with Gasteiger partial charge in [-0.15, -0.1) is 0 Å². The normalized spacial score (nSPS) is 10.1. The van der Waals surface area contributed by atoms with Gasteiger partial charge in [-0.1, -0.05) is 6.92 Å². The fourth-order valence-electron chi connectivity index (χ4n) is 1.65. The SMILES string of the molecule is CCCN(CC)c1cc(N)cc([N+](=O)[O-])c1. The van der Waals surface area contributed by atoms with Crippen molar-refractivity contribution in [2.45, 2.75) is 20.3 Å². The molecule has 1 rings (SSSR count). The largest absolute Gasteiger partial charge is 0.398 e. The van der Waals surface area contributed by atoms with Gasteiger partial charge in [0.25, 0.3) is 5.69 Å². The number of nitrogens with two attached hydrogens (primary N) is 1.